The van der Waals surface area contributed by atoms with Crippen LogP contribution in [0, 0.1) is 0 Å². The molecule has 3 N–H and O–H groups in total. The van der Waals surface area contributed by atoms with Crippen molar-refractivity contribution in [1.82, 2.24) is 0 Å². The van der Waals surface area contributed by atoms with Crippen LogP contribution in [-0.2, 0) is 0 Å². The molecule has 0 bridgehead atoms. The molecule has 0 radical (unpaired) electrons. The maximum absolute atomic E-state index is 9.84. The van der Waals surface area contributed by atoms with Gasteiger partial charge in [-0.2, -0.15) is 0 Å². The van der Waals surface area contributed by atoms with Crippen molar-refractivity contribution in [1.29, 1.82) is 0 Å². The number of nitrogens with zero attached hydrogens (tertiary/aromatic N) is 1. The first kappa shape index (κ1) is 21.6. The monoisotopic (exact) mass is 468 g/mol. The first-order chi connectivity index (χ1) is 16.6. The summed E-state index contributed by atoms with van der Waals surface area (Å²) in [6.45, 7) is 0. The molecule has 0 aromatic heterocycles. The van der Waals surface area contributed by atoms with Crippen molar-refractivity contribution >= 4 is 28.7 Å². The van der Waals surface area contributed by atoms with Gasteiger partial charge >= 0.3 is 0 Å². The summed E-state index contributed by atoms with van der Waals surface area (Å²) in [5.41, 5.74) is 4.71. The SMILES string of the molecule is Oc1ccc(C2=Nc3ccccc3OC(c3ccc(O)cc3)/C2=C/Nc2ccc(Cl)cc2)cc1. The van der Waals surface area contributed by atoms with E-state index in [2.05, 4.69) is 5.32 Å². The van der Waals surface area contributed by atoms with E-state index in [1.54, 1.807) is 24.3 Å². The predicted molar refractivity (Wildman–Crippen MR) is 135 cm³/mol. The number of rotatable bonds is 4. The number of fused-ring (bicyclic) bond motifs is 1. The Morgan fingerprint density at radius 3 is 2.15 bits per heavy atom. The van der Waals surface area contributed by atoms with E-state index < -0.39 is 6.10 Å². The van der Waals surface area contributed by atoms with E-state index in [1.165, 1.54) is 0 Å². The molecule has 5 rings (SSSR count). The van der Waals surface area contributed by atoms with Gasteiger partial charge in [0.15, 0.2) is 6.10 Å². The largest absolute Gasteiger partial charge is 0.508 e. The zero-order valence-electron chi connectivity index (χ0n) is 18.0. The number of nitrogens with one attached hydrogen (secondary N) is 1. The highest BCUT2D eigenvalue weighted by atomic mass is 35.5. The summed E-state index contributed by atoms with van der Waals surface area (Å²) < 4.78 is 6.50. The van der Waals surface area contributed by atoms with Crippen LogP contribution in [0.1, 0.15) is 17.2 Å². The molecular weight excluding hydrogens is 448 g/mol. The molecule has 0 amide bonds. The van der Waals surface area contributed by atoms with Gasteiger partial charge in [-0.15, -0.1) is 0 Å². The van der Waals surface area contributed by atoms with E-state index >= 15 is 0 Å². The molecule has 1 heterocycles. The number of hydrogen-bond acceptors (Lipinski definition) is 5. The Morgan fingerprint density at radius 2 is 1.44 bits per heavy atom. The van der Waals surface area contributed by atoms with Gasteiger partial charge in [0, 0.05) is 28.0 Å². The van der Waals surface area contributed by atoms with Crippen LogP contribution in [0.25, 0.3) is 0 Å². The van der Waals surface area contributed by atoms with Crippen LogP contribution in [0.4, 0.5) is 11.4 Å². The Morgan fingerprint density at radius 1 is 0.794 bits per heavy atom. The molecule has 5 nitrogen and oxygen atoms in total. The topological polar surface area (TPSA) is 74.1 Å². The van der Waals surface area contributed by atoms with Crippen molar-refractivity contribution in [3.63, 3.8) is 0 Å². The van der Waals surface area contributed by atoms with Crippen molar-refractivity contribution in [2.75, 3.05) is 5.32 Å². The van der Waals surface area contributed by atoms with Crippen LogP contribution in [0.5, 0.6) is 17.2 Å². The van der Waals surface area contributed by atoms with Gasteiger partial charge in [-0.25, -0.2) is 4.99 Å². The summed E-state index contributed by atoms with van der Waals surface area (Å²) in [6.07, 6.45) is 1.36. The van der Waals surface area contributed by atoms with E-state index in [0.29, 0.717) is 22.2 Å². The van der Waals surface area contributed by atoms with Gasteiger partial charge in [-0.1, -0.05) is 35.9 Å². The van der Waals surface area contributed by atoms with Crippen LogP contribution in [0.15, 0.2) is 114 Å². The molecule has 1 aliphatic heterocycles. The van der Waals surface area contributed by atoms with Crippen LogP contribution < -0.4 is 10.1 Å². The quantitative estimate of drug-likeness (QED) is 0.301. The zero-order chi connectivity index (χ0) is 23.5. The average Bonchev–Trinajstić information content (AvgIpc) is 3.02. The standard InChI is InChI=1S/C28H21ClN2O3/c29-20-9-11-21(12-10-20)30-17-24-27(18-5-13-22(32)14-6-18)31-25-3-1-2-4-26(25)34-28(24)19-7-15-23(33)16-8-19/h1-17,28,30,32-33H/b24-17+. The summed E-state index contributed by atoms with van der Waals surface area (Å²) in [4.78, 5) is 4.97. The first-order valence-electron chi connectivity index (χ1n) is 10.7. The van der Waals surface area contributed by atoms with Gasteiger partial charge < -0.3 is 20.3 Å². The van der Waals surface area contributed by atoms with Gasteiger partial charge in [0.2, 0.25) is 0 Å². The number of phenols is 2. The molecule has 4 aromatic rings. The molecule has 4 aromatic carbocycles. The normalized spacial score (nSPS) is 16.2. The first-order valence-corrected chi connectivity index (χ1v) is 11.1. The Hall–Kier alpha value is -4.22. The minimum atomic E-state index is -0.517. The fourth-order valence-electron chi connectivity index (χ4n) is 3.75. The third-order valence-corrected chi connectivity index (χ3v) is 5.73. The number of halogens is 1. The number of hydrogen-bond donors (Lipinski definition) is 3. The van der Waals surface area contributed by atoms with Gasteiger partial charge in [0.1, 0.15) is 22.9 Å². The second-order valence-corrected chi connectivity index (χ2v) is 8.25. The summed E-state index contributed by atoms with van der Waals surface area (Å²) in [7, 11) is 0. The lowest BCUT2D eigenvalue weighted by atomic mass is 9.94. The Kier molecular flexibility index (Phi) is 5.93. The summed E-state index contributed by atoms with van der Waals surface area (Å²) in [5, 5.41) is 23.7. The lowest BCUT2D eigenvalue weighted by molar-refractivity contribution is 0.251. The molecular formula is C28H21ClN2O3. The second kappa shape index (κ2) is 9.33. The van der Waals surface area contributed by atoms with Gasteiger partial charge in [0.05, 0.1) is 5.71 Å². The maximum atomic E-state index is 9.84. The Labute approximate surface area is 202 Å². The molecule has 0 fully saturated rings. The number of ether oxygens (including phenoxy) is 1. The molecule has 0 saturated heterocycles. The lowest BCUT2D eigenvalue weighted by Gasteiger charge is -2.22. The number of phenolic OH excluding ortho intramolecular Hbond substituents is 2. The van der Waals surface area contributed by atoms with Crippen molar-refractivity contribution in [3.05, 3.63) is 125 Å². The van der Waals surface area contributed by atoms with Crippen LogP contribution >= 0.6 is 11.6 Å². The van der Waals surface area contributed by atoms with Gasteiger partial charge in [-0.05, 0) is 78.4 Å². The number of aromatic hydroxyl groups is 2. The smallest absolute Gasteiger partial charge is 0.152 e. The van der Waals surface area contributed by atoms with Crippen LogP contribution in [0.3, 0.4) is 0 Å². The van der Waals surface area contributed by atoms with E-state index in [1.807, 2.05) is 79.0 Å². The van der Waals surface area contributed by atoms with Crippen LogP contribution in [0.2, 0.25) is 5.02 Å². The maximum Gasteiger partial charge on any atom is 0.152 e. The Bertz CT molecular complexity index is 1360. The van der Waals surface area contributed by atoms with Crippen molar-refractivity contribution < 1.29 is 14.9 Å². The number of para-hydroxylation sites is 2. The highest BCUT2D eigenvalue weighted by molar-refractivity contribution is 6.30. The van der Waals surface area contributed by atoms with E-state index in [0.717, 1.165) is 22.4 Å². The summed E-state index contributed by atoms with van der Waals surface area (Å²) in [5.74, 6) is 0.997. The summed E-state index contributed by atoms with van der Waals surface area (Å²) >= 11 is 6.04. The zero-order valence-corrected chi connectivity index (χ0v) is 18.8. The van der Waals surface area contributed by atoms with Crippen molar-refractivity contribution in [3.8, 4) is 17.2 Å². The van der Waals surface area contributed by atoms with Crippen molar-refractivity contribution in [2.24, 2.45) is 4.99 Å². The predicted octanol–water partition coefficient (Wildman–Crippen LogP) is 7.00. The average molecular weight is 469 g/mol. The molecule has 34 heavy (non-hydrogen) atoms. The van der Waals surface area contributed by atoms with E-state index in [4.69, 9.17) is 21.3 Å². The molecule has 0 spiro atoms. The third-order valence-electron chi connectivity index (χ3n) is 5.47. The fraction of sp³-hybridized carbons (Fsp3) is 0.0357. The lowest BCUT2D eigenvalue weighted by Crippen LogP contribution is -2.18. The molecule has 0 saturated carbocycles. The minimum Gasteiger partial charge on any atom is -0.508 e. The van der Waals surface area contributed by atoms with Gasteiger partial charge in [-0.3, -0.25) is 0 Å². The number of anilines is 1. The third kappa shape index (κ3) is 4.60. The van der Waals surface area contributed by atoms with Gasteiger partial charge in [0.25, 0.3) is 0 Å². The molecule has 168 valence electrons. The summed E-state index contributed by atoms with van der Waals surface area (Å²) in [6, 6.07) is 28.9. The van der Waals surface area contributed by atoms with E-state index in [-0.39, 0.29) is 11.5 Å². The molecule has 0 aliphatic carbocycles. The van der Waals surface area contributed by atoms with Crippen LogP contribution in [-0.4, -0.2) is 15.9 Å². The van der Waals surface area contributed by atoms with E-state index in [9.17, 15) is 10.2 Å². The van der Waals surface area contributed by atoms with Crippen molar-refractivity contribution in [2.45, 2.75) is 6.10 Å². The number of aliphatic imine (C=N–C) groups is 1. The molecule has 1 aliphatic rings. The molecule has 1 atom stereocenters. The fourth-order valence-corrected chi connectivity index (χ4v) is 3.87. The molecule has 6 heteroatoms. The Balaban J connectivity index is 1.68. The minimum absolute atomic E-state index is 0.175. The molecule has 1 unspecified atom stereocenters. The second-order valence-electron chi connectivity index (χ2n) is 7.82. The highest BCUT2D eigenvalue weighted by Crippen LogP contribution is 2.40. The highest BCUT2D eigenvalue weighted by Gasteiger charge is 2.28. The number of benzene rings is 4.